The zero-order valence-electron chi connectivity index (χ0n) is 12.0. The van der Waals surface area contributed by atoms with Crippen LogP contribution in [0.15, 0.2) is 22.7 Å². The lowest BCUT2D eigenvalue weighted by molar-refractivity contribution is -0.385. The summed E-state index contributed by atoms with van der Waals surface area (Å²) < 4.78 is 0.546. The van der Waals surface area contributed by atoms with Crippen molar-refractivity contribution < 1.29 is 4.92 Å². The Labute approximate surface area is 128 Å². The maximum atomic E-state index is 10.9. The Morgan fingerprint density at radius 3 is 2.60 bits per heavy atom. The van der Waals surface area contributed by atoms with E-state index in [1.54, 1.807) is 12.1 Å². The number of hydrogen-bond donors (Lipinski definition) is 0. The van der Waals surface area contributed by atoms with E-state index >= 15 is 0 Å². The summed E-state index contributed by atoms with van der Waals surface area (Å²) in [5.74, 6) is 1.58. The average Bonchev–Trinajstić information content (AvgIpc) is 2.41. The fourth-order valence-corrected chi connectivity index (χ4v) is 3.22. The fraction of sp³-hybridized carbons (Fsp3) is 0.600. The lowest BCUT2D eigenvalue weighted by Gasteiger charge is -2.33. The number of piperidine rings is 1. The molecule has 0 spiro atoms. The van der Waals surface area contributed by atoms with Gasteiger partial charge in [0.25, 0.3) is 5.69 Å². The van der Waals surface area contributed by atoms with Crippen LogP contribution in [-0.4, -0.2) is 22.9 Å². The highest BCUT2D eigenvalue weighted by Gasteiger charge is 2.22. The minimum Gasteiger partial charge on any atom is -0.299 e. The first-order chi connectivity index (χ1) is 9.47. The Bertz CT molecular complexity index is 483. The zero-order valence-corrected chi connectivity index (χ0v) is 13.6. The quantitative estimate of drug-likeness (QED) is 0.608. The minimum atomic E-state index is -0.335. The van der Waals surface area contributed by atoms with E-state index < -0.39 is 0 Å². The Morgan fingerprint density at radius 1 is 1.40 bits per heavy atom. The van der Waals surface area contributed by atoms with Gasteiger partial charge < -0.3 is 0 Å². The van der Waals surface area contributed by atoms with Gasteiger partial charge in [0.15, 0.2) is 0 Å². The van der Waals surface area contributed by atoms with Gasteiger partial charge in [-0.2, -0.15) is 0 Å². The van der Waals surface area contributed by atoms with Gasteiger partial charge in [0, 0.05) is 12.6 Å². The van der Waals surface area contributed by atoms with E-state index in [1.165, 1.54) is 12.8 Å². The summed E-state index contributed by atoms with van der Waals surface area (Å²) in [6.45, 7) is 7.56. The van der Waals surface area contributed by atoms with Gasteiger partial charge in [0.05, 0.1) is 9.40 Å². The van der Waals surface area contributed by atoms with Crippen molar-refractivity contribution in [3.8, 4) is 0 Å². The van der Waals surface area contributed by atoms with Crippen molar-refractivity contribution >= 4 is 21.6 Å². The van der Waals surface area contributed by atoms with Crippen molar-refractivity contribution in [2.24, 2.45) is 11.8 Å². The molecule has 1 fully saturated rings. The molecule has 0 atom stereocenters. The van der Waals surface area contributed by atoms with Crippen LogP contribution in [0.1, 0.15) is 32.3 Å². The van der Waals surface area contributed by atoms with Crippen LogP contribution >= 0.6 is 15.9 Å². The standard InChI is InChI=1S/C15H21BrN2O2/c1-11(2)13-5-7-17(8-6-13)10-12-3-4-14(16)15(9-12)18(19)20/h3-4,9,11,13H,5-8,10H2,1-2H3. The number of likely N-dealkylation sites (tertiary alicyclic amines) is 1. The van der Waals surface area contributed by atoms with Gasteiger partial charge >= 0.3 is 0 Å². The monoisotopic (exact) mass is 340 g/mol. The highest BCUT2D eigenvalue weighted by molar-refractivity contribution is 9.10. The Balaban J connectivity index is 1.98. The highest BCUT2D eigenvalue weighted by atomic mass is 79.9. The lowest BCUT2D eigenvalue weighted by Crippen LogP contribution is -2.34. The maximum Gasteiger partial charge on any atom is 0.283 e. The van der Waals surface area contributed by atoms with E-state index in [-0.39, 0.29) is 10.6 Å². The molecule has 0 aliphatic carbocycles. The predicted molar refractivity (Wildman–Crippen MR) is 83.6 cm³/mol. The average molecular weight is 341 g/mol. The van der Waals surface area contributed by atoms with Crippen LogP contribution in [0.4, 0.5) is 5.69 Å². The van der Waals surface area contributed by atoms with Crippen molar-refractivity contribution in [3.63, 3.8) is 0 Å². The first kappa shape index (κ1) is 15.4. The Morgan fingerprint density at radius 2 is 2.05 bits per heavy atom. The molecule has 1 heterocycles. The number of rotatable bonds is 4. The maximum absolute atomic E-state index is 10.9. The molecule has 1 aliphatic rings. The summed E-state index contributed by atoms with van der Waals surface area (Å²) in [4.78, 5) is 13.0. The van der Waals surface area contributed by atoms with Crippen LogP contribution in [0.3, 0.4) is 0 Å². The summed E-state index contributed by atoms with van der Waals surface area (Å²) in [5.41, 5.74) is 1.17. The molecule has 1 aromatic rings. The molecule has 0 saturated carbocycles. The van der Waals surface area contributed by atoms with Gasteiger partial charge in [-0.3, -0.25) is 15.0 Å². The van der Waals surface area contributed by atoms with Gasteiger partial charge in [-0.1, -0.05) is 19.9 Å². The Hall–Kier alpha value is -0.940. The molecule has 1 aliphatic heterocycles. The SMILES string of the molecule is CC(C)C1CCN(Cc2ccc(Br)c([N+](=O)[O-])c2)CC1. The van der Waals surface area contributed by atoms with Crippen LogP contribution < -0.4 is 0 Å². The number of nitrogens with zero attached hydrogens (tertiary/aromatic N) is 2. The number of halogens is 1. The third kappa shape index (κ3) is 3.79. The molecule has 0 bridgehead atoms. The molecule has 0 aromatic heterocycles. The largest absolute Gasteiger partial charge is 0.299 e. The number of nitro benzene ring substituents is 1. The lowest BCUT2D eigenvalue weighted by atomic mass is 9.86. The second kappa shape index (κ2) is 6.68. The molecule has 1 aromatic carbocycles. The second-order valence-electron chi connectivity index (χ2n) is 5.90. The van der Waals surface area contributed by atoms with Crippen molar-refractivity contribution in [1.29, 1.82) is 0 Å². The van der Waals surface area contributed by atoms with E-state index in [4.69, 9.17) is 0 Å². The number of nitro groups is 1. The number of hydrogen-bond acceptors (Lipinski definition) is 3. The van der Waals surface area contributed by atoms with Gasteiger partial charge in [-0.25, -0.2) is 0 Å². The topological polar surface area (TPSA) is 46.4 Å². The predicted octanol–water partition coefficient (Wildman–Crippen LogP) is 4.23. The van der Waals surface area contributed by atoms with Crippen LogP contribution in [0.25, 0.3) is 0 Å². The first-order valence-electron chi connectivity index (χ1n) is 7.12. The zero-order chi connectivity index (χ0) is 14.7. The van der Waals surface area contributed by atoms with E-state index in [1.807, 2.05) is 6.07 Å². The summed E-state index contributed by atoms with van der Waals surface area (Å²) >= 11 is 3.22. The van der Waals surface area contributed by atoms with Crippen molar-refractivity contribution in [3.05, 3.63) is 38.3 Å². The summed E-state index contributed by atoms with van der Waals surface area (Å²) in [5, 5.41) is 10.9. The molecule has 5 heteroatoms. The molecular formula is C15H21BrN2O2. The molecule has 4 nitrogen and oxygen atoms in total. The van der Waals surface area contributed by atoms with Gasteiger partial charge in [0.2, 0.25) is 0 Å². The molecule has 20 heavy (non-hydrogen) atoms. The van der Waals surface area contributed by atoms with Gasteiger partial charge in [0.1, 0.15) is 0 Å². The second-order valence-corrected chi connectivity index (χ2v) is 6.75. The smallest absolute Gasteiger partial charge is 0.283 e. The summed E-state index contributed by atoms with van der Waals surface area (Å²) in [6.07, 6.45) is 2.46. The van der Waals surface area contributed by atoms with Crippen LogP contribution in [-0.2, 0) is 6.54 Å². The summed E-state index contributed by atoms with van der Waals surface area (Å²) in [7, 11) is 0. The third-order valence-electron chi connectivity index (χ3n) is 4.19. The van der Waals surface area contributed by atoms with E-state index in [0.717, 1.165) is 37.0 Å². The van der Waals surface area contributed by atoms with E-state index in [0.29, 0.717) is 4.47 Å². The number of benzene rings is 1. The molecule has 0 radical (unpaired) electrons. The Kier molecular flexibility index (Phi) is 5.16. The molecule has 1 saturated heterocycles. The van der Waals surface area contributed by atoms with Crippen LogP contribution in [0.2, 0.25) is 0 Å². The molecule has 0 amide bonds. The molecule has 110 valence electrons. The van der Waals surface area contributed by atoms with Crippen LogP contribution in [0, 0.1) is 22.0 Å². The fourth-order valence-electron chi connectivity index (χ4n) is 2.83. The molecule has 2 rings (SSSR count). The van der Waals surface area contributed by atoms with E-state index in [9.17, 15) is 10.1 Å². The van der Waals surface area contributed by atoms with Crippen molar-refractivity contribution in [1.82, 2.24) is 4.90 Å². The third-order valence-corrected chi connectivity index (χ3v) is 4.86. The van der Waals surface area contributed by atoms with Crippen LogP contribution in [0.5, 0.6) is 0 Å². The molecule has 0 unspecified atom stereocenters. The van der Waals surface area contributed by atoms with Crippen molar-refractivity contribution in [2.75, 3.05) is 13.1 Å². The molecule has 0 N–H and O–H groups in total. The molecular weight excluding hydrogens is 320 g/mol. The van der Waals surface area contributed by atoms with E-state index in [2.05, 4.69) is 34.7 Å². The van der Waals surface area contributed by atoms with Gasteiger partial charge in [-0.15, -0.1) is 0 Å². The minimum absolute atomic E-state index is 0.152. The first-order valence-corrected chi connectivity index (χ1v) is 7.92. The summed E-state index contributed by atoms with van der Waals surface area (Å²) in [6, 6.07) is 5.42. The normalized spacial score (nSPS) is 17.6. The van der Waals surface area contributed by atoms with Gasteiger partial charge in [-0.05, 0) is 65.3 Å². The van der Waals surface area contributed by atoms with Crippen molar-refractivity contribution in [2.45, 2.75) is 33.2 Å². The highest BCUT2D eigenvalue weighted by Crippen LogP contribution is 2.28.